The molecule has 1 aliphatic rings. The maximum absolute atomic E-state index is 13.1. The molecule has 1 heterocycles. The fourth-order valence-electron chi connectivity index (χ4n) is 4.33. The number of hydrogen-bond donors (Lipinski definition) is 0. The Morgan fingerprint density at radius 1 is 1.00 bits per heavy atom. The second kappa shape index (κ2) is 11.1. The number of rotatable bonds is 8. The van der Waals surface area contributed by atoms with Gasteiger partial charge in [0.2, 0.25) is 5.91 Å². The summed E-state index contributed by atoms with van der Waals surface area (Å²) in [5.41, 5.74) is 1.89. The topological polar surface area (TPSA) is 43.9 Å². The molecule has 2 aromatic carbocycles. The van der Waals surface area contributed by atoms with E-state index < -0.39 is 0 Å². The van der Waals surface area contributed by atoms with Crippen molar-refractivity contribution < 1.29 is 9.59 Å². The highest BCUT2D eigenvalue weighted by molar-refractivity contribution is 5.94. The Labute approximate surface area is 186 Å². The molecule has 5 heteroatoms. The van der Waals surface area contributed by atoms with E-state index in [1.807, 2.05) is 65.4 Å². The largest absolute Gasteiger partial charge is 0.339 e. The number of hydrogen-bond acceptors (Lipinski definition) is 3. The van der Waals surface area contributed by atoms with Crippen LogP contribution in [0.1, 0.15) is 55.1 Å². The van der Waals surface area contributed by atoms with E-state index in [0.717, 1.165) is 50.0 Å². The summed E-state index contributed by atoms with van der Waals surface area (Å²) >= 11 is 0. The van der Waals surface area contributed by atoms with Gasteiger partial charge in [-0.05, 0) is 50.4 Å². The van der Waals surface area contributed by atoms with Gasteiger partial charge in [0.05, 0.1) is 12.6 Å². The summed E-state index contributed by atoms with van der Waals surface area (Å²) in [6.07, 6.45) is 2.82. The van der Waals surface area contributed by atoms with Gasteiger partial charge < -0.3 is 9.80 Å². The molecule has 5 nitrogen and oxygen atoms in total. The minimum absolute atomic E-state index is 0.0440. The molecule has 0 aliphatic carbocycles. The molecule has 0 radical (unpaired) electrons. The minimum Gasteiger partial charge on any atom is -0.339 e. The van der Waals surface area contributed by atoms with Crippen molar-refractivity contribution in [2.75, 3.05) is 33.2 Å². The lowest BCUT2D eigenvalue weighted by molar-refractivity contribution is -0.133. The van der Waals surface area contributed by atoms with Crippen molar-refractivity contribution in [2.24, 2.45) is 0 Å². The monoisotopic (exact) mass is 421 g/mol. The first-order chi connectivity index (χ1) is 15.0. The quantitative estimate of drug-likeness (QED) is 0.641. The van der Waals surface area contributed by atoms with Crippen molar-refractivity contribution in [3.05, 3.63) is 71.8 Å². The molecular formula is C26H35N3O2. The molecule has 3 rings (SSSR count). The van der Waals surface area contributed by atoms with E-state index >= 15 is 0 Å². The summed E-state index contributed by atoms with van der Waals surface area (Å²) in [4.78, 5) is 31.9. The SMILES string of the molecule is CCCN(CC(=O)N(C)C(C)c1ccccc1)C1CCN(C(=O)c2ccccc2)CC1. The van der Waals surface area contributed by atoms with Gasteiger partial charge in [-0.15, -0.1) is 0 Å². The fourth-order valence-corrected chi connectivity index (χ4v) is 4.33. The Hall–Kier alpha value is -2.66. The Bertz CT molecular complexity index is 832. The summed E-state index contributed by atoms with van der Waals surface area (Å²) < 4.78 is 0. The van der Waals surface area contributed by atoms with Crippen LogP contribution < -0.4 is 0 Å². The third-order valence-electron chi connectivity index (χ3n) is 6.39. The van der Waals surface area contributed by atoms with E-state index in [1.54, 1.807) is 0 Å². The van der Waals surface area contributed by atoms with Gasteiger partial charge in [0, 0.05) is 31.7 Å². The van der Waals surface area contributed by atoms with E-state index in [4.69, 9.17) is 0 Å². The van der Waals surface area contributed by atoms with Crippen LogP contribution in [0.15, 0.2) is 60.7 Å². The lowest BCUT2D eigenvalue weighted by Gasteiger charge is -2.39. The number of amides is 2. The standard InChI is InChI=1S/C26H35N3O2/c1-4-17-29(20-25(30)27(3)21(2)22-11-7-5-8-12-22)24-15-18-28(19-16-24)26(31)23-13-9-6-10-14-23/h5-14,21,24H,4,15-20H2,1-3H3. The van der Waals surface area contributed by atoms with Crippen LogP contribution in [0.4, 0.5) is 0 Å². The number of carbonyl (C=O) groups excluding carboxylic acids is 2. The zero-order valence-electron chi connectivity index (χ0n) is 19.0. The predicted molar refractivity (Wildman–Crippen MR) is 125 cm³/mol. The predicted octanol–water partition coefficient (Wildman–Crippen LogP) is 4.22. The summed E-state index contributed by atoms with van der Waals surface area (Å²) in [6, 6.07) is 20.0. The molecule has 0 N–H and O–H groups in total. The van der Waals surface area contributed by atoms with Gasteiger partial charge in [-0.1, -0.05) is 55.5 Å². The van der Waals surface area contributed by atoms with Gasteiger partial charge in [-0.2, -0.15) is 0 Å². The Morgan fingerprint density at radius 3 is 2.16 bits per heavy atom. The van der Waals surface area contributed by atoms with E-state index in [2.05, 4.69) is 30.9 Å². The lowest BCUT2D eigenvalue weighted by Crippen LogP contribution is -2.50. The fraction of sp³-hybridized carbons (Fsp3) is 0.462. The second-order valence-corrected chi connectivity index (χ2v) is 8.45. The van der Waals surface area contributed by atoms with Crippen molar-refractivity contribution >= 4 is 11.8 Å². The molecule has 0 saturated carbocycles. The molecule has 2 amide bonds. The second-order valence-electron chi connectivity index (χ2n) is 8.45. The molecule has 1 saturated heterocycles. The normalized spacial score (nSPS) is 15.7. The zero-order chi connectivity index (χ0) is 22.2. The highest BCUT2D eigenvalue weighted by Crippen LogP contribution is 2.21. The first-order valence-electron chi connectivity index (χ1n) is 11.4. The summed E-state index contributed by atoms with van der Waals surface area (Å²) in [7, 11) is 1.89. The van der Waals surface area contributed by atoms with Crippen LogP contribution in [0.5, 0.6) is 0 Å². The number of nitrogens with zero attached hydrogens (tertiary/aromatic N) is 3. The van der Waals surface area contributed by atoms with Crippen LogP contribution in [-0.4, -0.2) is 65.8 Å². The average molecular weight is 422 g/mol. The Kier molecular flexibility index (Phi) is 8.24. The number of carbonyl (C=O) groups is 2. The van der Waals surface area contributed by atoms with Gasteiger partial charge in [-0.25, -0.2) is 0 Å². The molecule has 1 aliphatic heterocycles. The number of piperidine rings is 1. The van der Waals surface area contributed by atoms with Gasteiger partial charge >= 0.3 is 0 Å². The van der Waals surface area contributed by atoms with Gasteiger partial charge in [-0.3, -0.25) is 14.5 Å². The maximum atomic E-state index is 13.1. The Morgan fingerprint density at radius 2 is 1.58 bits per heavy atom. The van der Waals surface area contributed by atoms with Crippen LogP contribution in [0.25, 0.3) is 0 Å². The van der Waals surface area contributed by atoms with Gasteiger partial charge in [0.25, 0.3) is 5.91 Å². The van der Waals surface area contributed by atoms with Gasteiger partial charge in [0.1, 0.15) is 0 Å². The van der Waals surface area contributed by atoms with Crippen molar-refractivity contribution in [3.8, 4) is 0 Å². The van der Waals surface area contributed by atoms with Crippen molar-refractivity contribution in [1.82, 2.24) is 14.7 Å². The molecule has 0 spiro atoms. The van der Waals surface area contributed by atoms with Crippen molar-refractivity contribution in [2.45, 2.75) is 45.2 Å². The number of likely N-dealkylation sites (tertiary alicyclic amines) is 1. The smallest absolute Gasteiger partial charge is 0.253 e. The lowest BCUT2D eigenvalue weighted by atomic mass is 10.0. The molecule has 0 aromatic heterocycles. The van der Waals surface area contributed by atoms with Crippen LogP contribution in [0, 0.1) is 0 Å². The zero-order valence-corrected chi connectivity index (χ0v) is 19.0. The van der Waals surface area contributed by atoms with Crippen LogP contribution in [0.3, 0.4) is 0 Å². The van der Waals surface area contributed by atoms with Gasteiger partial charge in [0.15, 0.2) is 0 Å². The highest BCUT2D eigenvalue weighted by Gasteiger charge is 2.29. The molecule has 2 aromatic rings. The highest BCUT2D eigenvalue weighted by atomic mass is 16.2. The number of likely N-dealkylation sites (N-methyl/N-ethyl adjacent to an activating group) is 1. The summed E-state index contributed by atoms with van der Waals surface area (Å²) in [6.45, 7) is 7.04. The van der Waals surface area contributed by atoms with Crippen LogP contribution >= 0.6 is 0 Å². The molecule has 0 bridgehead atoms. The number of benzene rings is 2. The average Bonchev–Trinajstić information content (AvgIpc) is 2.83. The van der Waals surface area contributed by atoms with Crippen molar-refractivity contribution in [3.63, 3.8) is 0 Å². The van der Waals surface area contributed by atoms with E-state index in [0.29, 0.717) is 12.6 Å². The van der Waals surface area contributed by atoms with E-state index in [9.17, 15) is 9.59 Å². The summed E-state index contributed by atoms with van der Waals surface area (Å²) in [5, 5.41) is 0. The van der Waals surface area contributed by atoms with Crippen LogP contribution in [-0.2, 0) is 4.79 Å². The van der Waals surface area contributed by atoms with E-state index in [1.165, 1.54) is 0 Å². The molecular weight excluding hydrogens is 386 g/mol. The minimum atomic E-state index is 0.0440. The summed E-state index contributed by atoms with van der Waals surface area (Å²) in [5.74, 6) is 0.251. The van der Waals surface area contributed by atoms with Crippen molar-refractivity contribution in [1.29, 1.82) is 0 Å². The molecule has 1 unspecified atom stereocenters. The third-order valence-corrected chi connectivity index (χ3v) is 6.39. The first kappa shape index (κ1) is 23.0. The molecule has 1 fully saturated rings. The maximum Gasteiger partial charge on any atom is 0.253 e. The van der Waals surface area contributed by atoms with E-state index in [-0.39, 0.29) is 17.9 Å². The first-order valence-corrected chi connectivity index (χ1v) is 11.4. The molecule has 166 valence electrons. The Balaban J connectivity index is 1.57. The third kappa shape index (κ3) is 5.95. The molecule has 1 atom stereocenters. The van der Waals surface area contributed by atoms with Crippen LogP contribution in [0.2, 0.25) is 0 Å². The molecule has 31 heavy (non-hydrogen) atoms.